The summed E-state index contributed by atoms with van der Waals surface area (Å²) in [6.07, 6.45) is 0. The summed E-state index contributed by atoms with van der Waals surface area (Å²) in [5.74, 6) is 0.0698. The number of rotatable bonds is 5. The van der Waals surface area contributed by atoms with Crippen LogP contribution < -0.4 is 24.4 Å². The summed E-state index contributed by atoms with van der Waals surface area (Å²) in [5, 5.41) is 11.8. The van der Waals surface area contributed by atoms with E-state index in [-0.39, 0.29) is 6.54 Å². The van der Waals surface area contributed by atoms with E-state index in [1.54, 1.807) is 42.5 Å². The molecule has 0 radical (unpaired) electrons. The van der Waals surface area contributed by atoms with Gasteiger partial charge in [0.25, 0.3) is 11.8 Å². The number of carbonyl (C=O) groups is 3. The molecular weight excluding hydrogens is 418 g/mol. The third-order valence-corrected chi connectivity index (χ3v) is 5.33. The standard InChI is InChI=1S/C21H19N5O6/c1-30-14-5-3-2-4-13(14)22-17(27)11-25-19-18(23-24-25)20(28)26(21(19)29)12-6-7-15-16(10-12)32-9-8-31-15/h2-7,10,18-19H,8-9,11H2,1H3,(H,22,27)/t18-,19+/m0/s1. The Labute approximate surface area is 182 Å². The highest BCUT2D eigenvalue weighted by atomic mass is 16.6. The van der Waals surface area contributed by atoms with Gasteiger partial charge in [-0.2, -0.15) is 5.11 Å². The lowest BCUT2D eigenvalue weighted by Crippen LogP contribution is -2.43. The predicted molar refractivity (Wildman–Crippen MR) is 111 cm³/mol. The van der Waals surface area contributed by atoms with Gasteiger partial charge in [-0.1, -0.05) is 17.4 Å². The highest BCUT2D eigenvalue weighted by molar-refractivity contribution is 6.25. The second-order valence-electron chi connectivity index (χ2n) is 7.28. The lowest BCUT2D eigenvalue weighted by atomic mass is 10.1. The van der Waals surface area contributed by atoms with Gasteiger partial charge in [-0.05, 0) is 24.3 Å². The second kappa shape index (κ2) is 7.84. The third-order valence-electron chi connectivity index (χ3n) is 5.33. The molecule has 3 amide bonds. The molecule has 32 heavy (non-hydrogen) atoms. The van der Waals surface area contributed by atoms with Gasteiger partial charge in [0.2, 0.25) is 5.91 Å². The van der Waals surface area contributed by atoms with Gasteiger partial charge < -0.3 is 19.5 Å². The molecule has 0 spiro atoms. The molecule has 11 nitrogen and oxygen atoms in total. The highest BCUT2D eigenvalue weighted by Crippen LogP contribution is 2.37. The van der Waals surface area contributed by atoms with E-state index in [9.17, 15) is 14.4 Å². The van der Waals surface area contributed by atoms with Crippen molar-refractivity contribution < 1.29 is 28.6 Å². The number of nitrogens with zero attached hydrogens (tertiary/aromatic N) is 4. The monoisotopic (exact) mass is 437 g/mol. The number of ether oxygens (including phenoxy) is 3. The van der Waals surface area contributed by atoms with Crippen LogP contribution >= 0.6 is 0 Å². The molecule has 0 saturated carbocycles. The number of nitrogens with one attached hydrogen (secondary N) is 1. The summed E-state index contributed by atoms with van der Waals surface area (Å²) in [7, 11) is 1.50. The molecule has 3 heterocycles. The summed E-state index contributed by atoms with van der Waals surface area (Å²) in [5.41, 5.74) is 0.840. The Balaban J connectivity index is 1.32. The van der Waals surface area contributed by atoms with Crippen molar-refractivity contribution in [2.75, 3.05) is 37.1 Å². The fourth-order valence-corrected chi connectivity index (χ4v) is 3.86. The maximum atomic E-state index is 13.1. The first-order valence-corrected chi connectivity index (χ1v) is 9.94. The maximum absolute atomic E-state index is 13.1. The Bertz CT molecular complexity index is 1140. The van der Waals surface area contributed by atoms with Crippen LogP contribution in [0.4, 0.5) is 11.4 Å². The minimum atomic E-state index is -1.00. The number of imide groups is 1. The molecule has 5 rings (SSSR count). The number of hydrogen-bond donors (Lipinski definition) is 1. The second-order valence-corrected chi connectivity index (χ2v) is 7.28. The average Bonchev–Trinajstić information content (AvgIpc) is 3.33. The van der Waals surface area contributed by atoms with E-state index in [1.165, 1.54) is 12.1 Å². The zero-order valence-corrected chi connectivity index (χ0v) is 17.1. The molecule has 3 aliphatic heterocycles. The van der Waals surface area contributed by atoms with Crippen molar-refractivity contribution in [3.8, 4) is 17.2 Å². The van der Waals surface area contributed by atoms with Crippen molar-refractivity contribution in [3.63, 3.8) is 0 Å². The van der Waals surface area contributed by atoms with Crippen LogP contribution in [0.5, 0.6) is 17.2 Å². The summed E-state index contributed by atoms with van der Waals surface area (Å²) in [6.45, 7) is 0.563. The van der Waals surface area contributed by atoms with Gasteiger partial charge in [-0.3, -0.25) is 19.4 Å². The summed E-state index contributed by atoms with van der Waals surface area (Å²) in [6, 6.07) is 9.80. The average molecular weight is 437 g/mol. The van der Waals surface area contributed by atoms with Gasteiger partial charge in [0.15, 0.2) is 23.6 Å². The van der Waals surface area contributed by atoms with Gasteiger partial charge in [0.1, 0.15) is 25.5 Å². The van der Waals surface area contributed by atoms with E-state index in [1.807, 2.05) is 0 Å². The van der Waals surface area contributed by atoms with E-state index in [4.69, 9.17) is 14.2 Å². The first-order chi connectivity index (χ1) is 15.6. The number of fused-ring (bicyclic) bond motifs is 2. The smallest absolute Gasteiger partial charge is 0.263 e. The molecule has 164 valence electrons. The van der Waals surface area contributed by atoms with Crippen LogP contribution in [0.15, 0.2) is 52.8 Å². The maximum Gasteiger partial charge on any atom is 0.263 e. The lowest BCUT2D eigenvalue weighted by molar-refractivity contribution is -0.123. The minimum absolute atomic E-state index is 0.253. The van der Waals surface area contributed by atoms with Gasteiger partial charge in [-0.25, -0.2) is 4.90 Å². The molecule has 0 unspecified atom stereocenters. The van der Waals surface area contributed by atoms with Gasteiger partial charge >= 0.3 is 0 Å². The van der Waals surface area contributed by atoms with Gasteiger partial charge in [0.05, 0.1) is 18.5 Å². The topological polar surface area (TPSA) is 122 Å². The first-order valence-electron chi connectivity index (χ1n) is 9.94. The van der Waals surface area contributed by atoms with Crippen LogP contribution in [0.25, 0.3) is 0 Å². The van der Waals surface area contributed by atoms with Crippen molar-refractivity contribution >= 4 is 29.1 Å². The Morgan fingerprint density at radius 3 is 2.72 bits per heavy atom. The molecule has 2 aromatic rings. The van der Waals surface area contributed by atoms with Crippen LogP contribution in [0.3, 0.4) is 0 Å². The largest absolute Gasteiger partial charge is 0.495 e. The zero-order chi connectivity index (χ0) is 22.2. The molecule has 0 aromatic heterocycles. The van der Waals surface area contributed by atoms with Crippen molar-refractivity contribution in [3.05, 3.63) is 42.5 Å². The van der Waals surface area contributed by atoms with Crippen LogP contribution in [0.2, 0.25) is 0 Å². The molecule has 0 aliphatic carbocycles. The van der Waals surface area contributed by atoms with Crippen molar-refractivity contribution in [2.24, 2.45) is 10.3 Å². The summed E-state index contributed by atoms with van der Waals surface area (Å²) < 4.78 is 16.3. The number of hydrogen-bond acceptors (Lipinski definition) is 9. The van der Waals surface area contributed by atoms with Crippen LogP contribution in [0.1, 0.15) is 0 Å². The van der Waals surface area contributed by atoms with Gasteiger partial charge in [0, 0.05) is 6.07 Å². The SMILES string of the molecule is COc1ccccc1NC(=O)CN1N=N[C@@H]2C(=O)N(c3ccc4c(c3)OCCO4)C(=O)[C@@H]21. The molecule has 1 fully saturated rings. The van der Waals surface area contributed by atoms with Crippen molar-refractivity contribution in [1.29, 1.82) is 0 Å². The highest BCUT2D eigenvalue weighted by Gasteiger charge is 2.55. The zero-order valence-electron chi connectivity index (χ0n) is 17.1. The molecule has 11 heteroatoms. The molecular formula is C21H19N5O6. The molecule has 1 saturated heterocycles. The number of carbonyl (C=O) groups excluding carboxylic acids is 3. The van der Waals surface area contributed by atoms with E-state index < -0.39 is 29.8 Å². The van der Waals surface area contributed by atoms with Crippen LogP contribution in [-0.4, -0.2) is 61.7 Å². The Kier molecular flexibility index (Phi) is 4.85. The fourth-order valence-electron chi connectivity index (χ4n) is 3.86. The van der Waals surface area contributed by atoms with Gasteiger partial charge in [-0.15, -0.1) is 0 Å². The first kappa shape index (κ1) is 19.8. The van der Waals surface area contributed by atoms with Crippen molar-refractivity contribution in [2.45, 2.75) is 12.1 Å². The number of anilines is 2. The molecule has 2 aromatic carbocycles. The molecule has 3 aliphatic rings. The molecule has 0 bridgehead atoms. The van der Waals surface area contributed by atoms with E-state index in [2.05, 4.69) is 15.7 Å². The van der Waals surface area contributed by atoms with E-state index in [0.29, 0.717) is 41.8 Å². The minimum Gasteiger partial charge on any atom is -0.495 e. The summed E-state index contributed by atoms with van der Waals surface area (Å²) >= 11 is 0. The Morgan fingerprint density at radius 2 is 1.91 bits per heavy atom. The van der Waals surface area contributed by atoms with E-state index >= 15 is 0 Å². The van der Waals surface area contributed by atoms with Crippen LogP contribution in [0, 0.1) is 0 Å². The predicted octanol–water partition coefficient (Wildman–Crippen LogP) is 1.40. The summed E-state index contributed by atoms with van der Waals surface area (Å²) in [4.78, 5) is 39.7. The number of para-hydroxylation sites is 2. The normalized spacial score (nSPS) is 21.0. The number of benzene rings is 2. The van der Waals surface area contributed by atoms with Crippen LogP contribution in [-0.2, 0) is 14.4 Å². The fraction of sp³-hybridized carbons (Fsp3) is 0.286. The lowest BCUT2D eigenvalue weighted by Gasteiger charge is -2.22. The Morgan fingerprint density at radius 1 is 1.12 bits per heavy atom. The van der Waals surface area contributed by atoms with E-state index in [0.717, 1.165) is 4.90 Å². The van der Waals surface area contributed by atoms with Crippen molar-refractivity contribution in [1.82, 2.24) is 5.01 Å². The molecule has 2 atom stereocenters. The molecule has 1 N–H and O–H groups in total. The Hall–Kier alpha value is -4.15. The number of amides is 3. The third kappa shape index (κ3) is 3.27. The quantitative estimate of drug-likeness (QED) is 0.702. The number of methoxy groups -OCH3 is 1.